The fraction of sp³-hybridized carbons (Fsp3) is 0.0800. The Balaban J connectivity index is 2.19. The summed E-state index contributed by atoms with van der Waals surface area (Å²) in [6.07, 6.45) is 8.21. The Morgan fingerprint density at radius 2 is 1.68 bits per heavy atom. The number of nitrogen functional groups attached to an aromatic ring is 1. The standard InChI is InChI=1S/C25H18F4N6O2/c1-3-6-33-22(14-4-5-16(26)17(27)8-14)23(35(31)21-10-19(29)18(28)9-20(21)30)24(36)34(25(33)37)15-7-13(2)11-32-12-15/h1,4-5,7-12H,6,30-31H2,2H3. The minimum Gasteiger partial charge on any atom is -0.397 e. The van der Waals surface area contributed by atoms with Crippen LogP contribution in [0, 0.1) is 42.5 Å². The molecule has 188 valence electrons. The van der Waals surface area contributed by atoms with Crippen LogP contribution in [-0.4, -0.2) is 14.1 Å². The molecule has 0 saturated heterocycles. The lowest BCUT2D eigenvalue weighted by molar-refractivity contribution is 0.509. The molecule has 4 N–H and O–H groups in total. The highest BCUT2D eigenvalue weighted by Gasteiger charge is 2.27. The second-order valence-corrected chi connectivity index (χ2v) is 7.96. The molecule has 0 spiro atoms. The zero-order chi connectivity index (χ0) is 27.0. The molecular formula is C25H18F4N6O2. The van der Waals surface area contributed by atoms with Crippen molar-refractivity contribution in [1.29, 1.82) is 0 Å². The summed E-state index contributed by atoms with van der Waals surface area (Å²) in [7, 11) is 0. The van der Waals surface area contributed by atoms with Gasteiger partial charge in [-0.15, -0.1) is 6.42 Å². The number of rotatable bonds is 5. The van der Waals surface area contributed by atoms with Gasteiger partial charge >= 0.3 is 5.69 Å². The van der Waals surface area contributed by atoms with Crippen LogP contribution in [0.15, 0.2) is 58.4 Å². The number of aryl methyl sites for hydroxylation is 1. The minimum absolute atomic E-state index is 0.0468. The van der Waals surface area contributed by atoms with E-state index >= 15 is 0 Å². The SMILES string of the molecule is C#CCn1c(-c2ccc(F)c(F)c2)c(N(N)c2cc(F)c(F)cc2N)c(=O)n(-c2cncc(C)c2)c1=O. The van der Waals surface area contributed by atoms with Crippen molar-refractivity contribution in [1.82, 2.24) is 14.1 Å². The number of hydrogen-bond donors (Lipinski definition) is 2. The highest BCUT2D eigenvalue weighted by atomic mass is 19.2. The van der Waals surface area contributed by atoms with Gasteiger partial charge in [-0.3, -0.25) is 19.4 Å². The molecule has 0 atom stereocenters. The Morgan fingerprint density at radius 1 is 1.00 bits per heavy atom. The van der Waals surface area contributed by atoms with Crippen molar-refractivity contribution in [2.45, 2.75) is 13.5 Å². The second-order valence-electron chi connectivity index (χ2n) is 7.96. The lowest BCUT2D eigenvalue weighted by Crippen LogP contribution is -2.44. The van der Waals surface area contributed by atoms with E-state index in [9.17, 15) is 27.2 Å². The molecule has 37 heavy (non-hydrogen) atoms. The molecule has 0 bridgehead atoms. The maximum absolute atomic E-state index is 14.2. The average molecular weight is 510 g/mol. The molecule has 0 saturated carbocycles. The van der Waals surface area contributed by atoms with E-state index in [0.717, 1.165) is 22.8 Å². The zero-order valence-electron chi connectivity index (χ0n) is 19.2. The summed E-state index contributed by atoms with van der Waals surface area (Å²) >= 11 is 0. The van der Waals surface area contributed by atoms with E-state index in [1.54, 1.807) is 6.92 Å². The molecule has 0 unspecified atom stereocenters. The van der Waals surface area contributed by atoms with E-state index in [1.807, 2.05) is 0 Å². The maximum Gasteiger partial charge on any atom is 0.337 e. The number of benzene rings is 2. The third kappa shape index (κ3) is 4.43. The third-order valence-electron chi connectivity index (χ3n) is 5.45. The van der Waals surface area contributed by atoms with Crippen molar-refractivity contribution in [2.24, 2.45) is 5.84 Å². The molecule has 0 amide bonds. The predicted octanol–water partition coefficient (Wildman–Crippen LogP) is 3.15. The zero-order valence-corrected chi connectivity index (χ0v) is 19.2. The number of anilines is 3. The van der Waals surface area contributed by atoms with Crippen LogP contribution in [-0.2, 0) is 6.54 Å². The quantitative estimate of drug-likeness (QED) is 0.140. The molecule has 2 heterocycles. The first kappa shape index (κ1) is 25.2. The maximum atomic E-state index is 14.2. The lowest BCUT2D eigenvalue weighted by Gasteiger charge is -2.26. The van der Waals surface area contributed by atoms with E-state index in [4.69, 9.17) is 18.0 Å². The van der Waals surface area contributed by atoms with E-state index < -0.39 is 46.8 Å². The first-order valence-corrected chi connectivity index (χ1v) is 10.5. The van der Waals surface area contributed by atoms with Crippen molar-refractivity contribution in [3.05, 3.63) is 98.5 Å². The van der Waals surface area contributed by atoms with Gasteiger partial charge in [0.25, 0.3) is 5.56 Å². The van der Waals surface area contributed by atoms with Crippen LogP contribution >= 0.6 is 0 Å². The molecule has 12 heteroatoms. The topological polar surface area (TPSA) is 112 Å². The molecule has 0 aliphatic rings. The van der Waals surface area contributed by atoms with Gasteiger partial charge in [0, 0.05) is 23.9 Å². The van der Waals surface area contributed by atoms with Crippen LogP contribution in [0.3, 0.4) is 0 Å². The van der Waals surface area contributed by atoms with Gasteiger partial charge in [-0.25, -0.2) is 32.8 Å². The Morgan fingerprint density at radius 3 is 2.32 bits per heavy atom. The van der Waals surface area contributed by atoms with Crippen LogP contribution in [0.2, 0.25) is 0 Å². The minimum atomic E-state index is -1.32. The first-order valence-electron chi connectivity index (χ1n) is 10.5. The fourth-order valence-corrected chi connectivity index (χ4v) is 3.80. The number of aromatic nitrogens is 3. The Bertz CT molecular complexity index is 1710. The van der Waals surface area contributed by atoms with Crippen molar-refractivity contribution in [2.75, 3.05) is 10.7 Å². The van der Waals surface area contributed by atoms with Gasteiger partial charge in [0.2, 0.25) is 0 Å². The molecule has 0 radical (unpaired) electrons. The summed E-state index contributed by atoms with van der Waals surface area (Å²) in [4.78, 5) is 31.4. The van der Waals surface area contributed by atoms with Crippen LogP contribution in [0.25, 0.3) is 16.9 Å². The fourth-order valence-electron chi connectivity index (χ4n) is 3.80. The molecule has 4 aromatic rings. The number of nitrogens with two attached hydrogens (primary N) is 2. The van der Waals surface area contributed by atoms with Crippen LogP contribution in [0.4, 0.5) is 34.6 Å². The largest absolute Gasteiger partial charge is 0.397 e. The molecular weight excluding hydrogens is 492 g/mol. The van der Waals surface area contributed by atoms with E-state index in [1.165, 1.54) is 18.5 Å². The van der Waals surface area contributed by atoms with Gasteiger partial charge in [0.15, 0.2) is 23.3 Å². The van der Waals surface area contributed by atoms with Gasteiger partial charge in [0.1, 0.15) is 5.69 Å². The molecule has 0 fully saturated rings. The lowest BCUT2D eigenvalue weighted by atomic mass is 10.1. The summed E-state index contributed by atoms with van der Waals surface area (Å²) in [5.74, 6) is 3.44. The van der Waals surface area contributed by atoms with Gasteiger partial charge in [-0.05, 0) is 36.8 Å². The predicted molar refractivity (Wildman–Crippen MR) is 130 cm³/mol. The van der Waals surface area contributed by atoms with Gasteiger partial charge in [-0.2, -0.15) is 0 Å². The summed E-state index contributed by atoms with van der Waals surface area (Å²) < 4.78 is 57.5. The summed E-state index contributed by atoms with van der Waals surface area (Å²) in [5.41, 5.74) is 2.85. The smallest absolute Gasteiger partial charge is 0.337 e. The third-order valence-corrected chi connectivity index (χ3v) is 5.45. The van der Waals surface area contributed by atoms with Crippen LogP contribution < -0.4 is 27.8 Å². The Labute approximate surface area is 207 Å². The second kappa shape index (κ2) is 9.63. The molecule has 8 nitrogen and oxygen atoms in total. The van der Waals surface area contributed by atoms with Gasteiger partial charge < -0.3 is 5.73 Å². The van der Waals surface area contributed by atoms with Crippen molar-refractivity contribution in [3.8, 4) is 29.3 Å². The van der Waals surface area contributed by atoms with Gasteiger partial charge in [-0.1, -0.05) is 5.92 Å². The van der Waals surface area contributed by atoms with Crippen LogP contribution in [0.1, 0.15) is 5.56 Å². The van der Waals surface area contributed by atoms with Crippen LogP contribution in [0.5, 0.6) is 0 Å². The highest BCUT2D eigenvalue weighted by molar-refractivity contribution is 5.82. The number of nitrogens with zero attached hydrogens (tertiary/aromatic N) is 4. The summed E-state index contributed by atoms with van der Waals surface area (Å²) in [6, 6.07) is 5.41. The van der Waals surface area contributed by atoms with Gasteiger partial charge in [0.05, 0.1) is 35.5 Å². The summed E-state index contributed by atoms with van der Waals surface area (Å²) in [5, 5.41) is 0.628. The molecule has 0 aliphatic carbocycles. The molecule has 2 aromatic heterocycles. The Kier molecular flexibility index (Phi) is 6.56. The normalized spacial score (nSPS) is 10.8. The van der Waals surface area contributed by atoms with E-state index in [2.05, 4.69) is 10.9 Å². The van der Waals surface area contributed by atoms with Crippen molar-refractivity contribution >= 4 is 17.1 Å². The van der Waals surface area contributed by atoms with E-state index in [0.29, 0.717) is 27.3 Å². The number of halogens is 4. The van der Waals surface area contributed by atoms with Crippen molar-refractivity contribution in [3.63, 3.8) is 0 Å². The molecule has 0 aliphatic heterocycles. The average Bonchev–Trinajstić information content (AvgIpc) is 2.84. The number of hydrazine groups is 1. The Hall–Kier alpha value is -4.89. The molecule has 2 aromatic carbocycles. The first-order chi connectivity index (χ1) is 17.5. The number of terminal acetylenes is 1. The van der Waals surface area contributed by atoms with E-state index in [-0.39, 0.29) is 28.3 Å². The monoisotopic (exact) mass is 510 g/mol. The highest BCUT2D eigenvalue weighted by Crippen LogP contribution is 2.34. The number of hydrogen-bond acceptors (Lipinski definition) is 6. The molecule has 4 rings (SSSR count). The summed E-state index contributed by atoms with van der Waals surface area (Å²) in [6.45, 7) is 1.25. The van der Waals surface area contributed by atoms with Crippen molar-refractivity contribution < 1.29 is 17.6 Å². The number of pyridine rings is 1.